The third-order valence-electron chi connectivity index (χ3n) is 2.59. The lowest BCUT2D eigenvalue weighted by molar-refractivity contribution is -0.301. The molecule has 0 aromatic carbocycles. The molecule has 0 aromatic heterocycles. The molecule has 19 heavy (non-hydrogen) atoms. The molecule has 0 saturated carbocycles. The van der Waals surface area contributed by atoms with Crippen LogP contribution in [0.2, 0.25) is 6.04 Å². The summed E-state index contributed by atoms with van der Waals surface area (Å²) in [6, 6.07) is 0.270. The van der Waals surface area contributed by atoms with Gasteiger partial charge in [0.1, 0.15) is 5.22 Å². The minimum Gasteiger partial charge on any atom is -0.367 e. The number of carbonyl (C=O) groups excluding carboxylic acids is 1. The van der Waals surface area contributed by atoms with Gasteiger partial charge in [0, 0.05) is 0 Å². The van der Waals surface area contributed by atoms with Crippen molar-refractivity contribution >= 4 is 14.6 Å². The Balaban J connectivity index is 5.12. The van der Waals surface area contributed by atoms with Crippen LogP contribution < -0.4 is 5.90 Å². The molecule has 0 aliphatic heterocycles. The Morgan fingerprint density at radius 3 is 2.32 bits per heavy atom. The van der Waals surface area contributed by atoms with Crippen LogP contribution in [0.1, 0.15) is 34.1 Å². The van der Waals surface area contributed by atoms with E-state index in [-0.39, 0.29) is 12.6 Å². The molecule has 4 N–H and O–H groups in total. The number of aliphatic imine (C=N–C) groups is 1. The standard InChI is InChI=1S/C10H22N2O6Si/c1-9(2,14)17-19(18-11,10(3,4)16-15)7-5-6-12-8-13/h14-15H,5-7,11H2,1-4H3. The van der Waals surface area contributed by atoms with Crippen molar-refractivity contribution in [1.29, 1.82) is 0 Å². The summed E-state index contributed by atoms with van der Waals surface area (Å²) in [7, 11) is -3.32. The monoisotopic (exact) mass is 294 g/mol. The van der Waals surface area contributed by atoms with Gasteiger partial charge in [0.25, 0.3) is 0 Å². The van der Waals surface area contributed by atoms with Crippen LogP contribution >= 0.6 is 0 Å². The minimum atomic E-state index is -3.32. The number of nitrogens with zero attached hydrogens (tertiary/aromatic N) is 1. The quantitative estimate of drug-likeness (QED) is 0.108. The van der Waals surface area contributed by atoms with E-state index in [1.807, 2.05) is 0 Å². The van der Waals surface area contributed by atoms with Crippen LogP contribution in [0, 0.1) is 0 Å². The maximum atomic E-state index is 10.0. The normalized spacial score (nSPS) is 15.7. The minimum absolute atomic E-state index is 0.221. The Hall–Kier alpha value is -0.643. The molecule has 0 saturated heterocycles. The molecule has 0 rings (SSSR count). The van der Waals surface area contributed by atoms with Crippen LogP contribution in [-0.2, 0) is 18.6 Å². The number of nitrogens with two attached hydrogens (primary N) is 1. The lowest BCUT2D eigenvalue weighted by Gasteiger charge is -2.42. The molecular formula is C10H22N2O6Si. The molecule has 0 heterocycles. The van der Waals surface area contributed by atoms with Gasteiger partial charge in [-0.05, 0) is 40.2 Å². The third-order valence-corrected chi connectivity index (χ3v) is 6.74. The van der Waals surface area contributed by atoms with E-state index in [0.717, 1.165) is 0 Å². The fourth-order valence-corrected chi connectivity index (χ4v) is 4.58. The maximum absolute atomic E-state index is 10.0. The second-order valence-electron chi connectivity index (χ2n) is 5.10. The molecule has 0 amide bonds. The predicted octanol–water partition coefficient (Wildman–Crippen LogP) is 0.597. The Morgan fingerprint density at radius 2 is 1.95 bits per heavy atom. The van der Waals surface area contributed by atoms with Gasteiger partial charge >= 0.3 is 8.56 Å². The summed E-state index contributed by atoms with van der Waals surface area (Å²) in [5.41, 5.74) is 0. The Bertz CT molecular complexity index is 326. The SMILES string of the molecule is CC(C)(O)O[Si](CCCN=C=O)(ON)C(C)(C)OO. The van der Waals surface area contributed by atoms with Gasteiger partial charge in [0.05, 0.1) is 6.54 Å². The zero-order valence-corrected chi connectivity index (χ0v) is 12.7. The lowest BCUT2D eigenvalue weighted by atomic mass is 10.4. The lowest BCUT2D eigenvalue weighted by Crippen LogP contribution is -2.65. The summed E-state index contributed by atoms with van der Waals surface area (Å²) < 4.78 is 10.5. The molecular weight excluding hydrogens is 272 g/mol. The maximum Gasteiger partial charge on any atom is 0.394 e. The van der Waals surface area contributed by atoms with Gasteiger partial charge < -0.3 is 14.1 Å². The average Bonchev–Trinajstić information content (AvgIpc) is 2.31. The highest BCUT2D eigenvalue weighted by atomic mass is 28.4. The Morgan fingerprint density at radius 1 is 1.37 bits per heavy atom. The molecule has 8 nitrogen and oxygen atoms in total. The molecule has 112 valence electrons. The zero-order valence-electron chi connectivity index (χ0n) is 11.7. The van der Waals surface area contributed by atoms with Crippen molar-refractivity contribution in [2.75, 3.05) is 6.54 Å². The average molecular weight is 294 g/mol. The van der Waals surface area contributed by atoms with Gasteiger partial charge in [-0.3, -0.25) is 5.26 Å². The third kappa shape index (κ3) is 5.47. The molecule has 0 radical (unpaired) electrons. The topological polar surface area (TPSA) is 124 Å². The van der Waals surface area contributed by atoms with E-state index >= 15 is 0 Å². The molecule has 1 unspecified atom stereocenters. The highest BCUT2D eigenvalue weighted by Gasteiger charge is 2.56. The van der Waals surface area contributed by atoms with E-state index < -0.39 is 19.6 Å². The fourth-order valence-electron chi connectivity index (χ4n) is 1.61. The molecule has 0 spiro atoms. The fraction of sp³-hybridized carbons (Fsp3) is 0.900. The van der Waals surface area contributed by atoms with E-state index in [0.29, 0.717) is 6.42 Å². The Labute approximate surface area is 113 Å². The van der Waals surface area contributed by atoms with Gasteiger partial charge in [0.15, 0.2) is 5.79 Å². The highest BCUT2D eigenvalue weighted by Crippen LogP contribution is 2.32. The van der Waals surface area contributed by atoms with Crippen LogP contribution in [0.15, 0.2) is 4.99 Å². The van der Waals surface area contributed by atoms with Gasteiger partial charge in [-0.1, -0.05) is 0 Å². The van der Waals surface area contributed by atoms with Gasteiger partial charge in [-0.25, -0.2) is 20.6 Å². The van der Waals surface area contributed by atoms with E-state index in [4.69, 9.17) is 20.1 Å². The number of hydrogen-bond donors (Lipinski definition) is 3. The number of aliphatic hydroxyl groups is 1. The number of rotatable bonds is 9. The first kappa shape index (κ1) is 18.4. The molecule has 0 fully saturated rings. The number of isocyanates is 1. The molecule has 0 bridgehead atoms. The van der Waals surface area contributed by atoms with Crippen molar-refractivity contribution in [1.82, 2.24) is 0 Å². The van der Waals surface area contributed by atoms with Crippen molar-refractivity contribution in [3.8, 4) is 0 Å². The van der Waals surface area contributed by atoms with E-state index in [1.54, 1.807) is 13.8 Å². The van der Waals surface area contributed by atoms with Crippen LogP contribution in [0.25, 0.3) is 0 Å². The van der Waals surface area contributed by atoms with E-state index in [1.165, 1.54) is 19.9 Å². The summed E-state index contributed by atoms with van der Waals surface area (Å²) in [4.78, 5) is 17.8. The predicted molar refractivity (Wildman–Crippen MR) is 68.6 cm³/mol. The van der Waals surface area contributed by atoms with Gasteiger partial charge in [0.2, 0.25) is 6.08 Å². The van der Waals surface area contributed by atoms with Crippen molar-refractivity contribution < 1.29 is 29.0 Å². The smallest absolute Gasteiger partial charge is 0.367 e. The van der Waals surface area contributed by atoms with Crippen molar-refractivity contribution in [2.24, 2.45) is 10.9 Å². The summed E-state index contributed by atoms with van der Waals surface area (Å²) in [6.07, 6.45) is 1.84. The molecule has 9 heteroatoms. The molecule has 0 aliphatic carbocycles. The van der Waals surface area contributed by atoms with Crippen LogP contribution in [0.3, 0.4) is 0 Å². The van der Waals surface area contributed by atoms with Gasteiger partial charge in [-0.15, -0.1) is 0 Å². The zero-order chi connectivity index (χ0) is 15.2. The first-order valence-electron chi connectivity index (χ1n) is 5.81. The summed E-state index contributed by atoms with van der Waals surface area (Å²) >= 11 is 0. The van der Waals surface area contributed by atoms with E-state index in [2.05, 4.69) is 9.88 Å². The van der Waals surface area contributed by atoms with Crippen LogP contribution in [-0.4, -0.2) is 42.6 Å². The summed E-state index contributed by atoms with van der Waals surface area (Å²) in [6.45, 7) is 6.15. The second kappa shape index (κ2) is 7.22. The molecule has 0 aromatic rings. The first-order chi connectivity index (χ1) is 8.64. The van der Waals surface area contributed by atoms with Crippen molar-refractivity contribution in [2.45, 2.75) is 51.2 Å². The Kier molecular flexibility index (Phi) is 6.98. The summed E-state index contributed by atoms with van der Waals surface area (Å²) in [5.74, 6) is 3.81. The first-order valence-corrected chi connectivity index (χ1v) is 7.83. The molecule has 1 atom stereocenters. The summed E-state index contributed by atoms with van der Waals surface area (Å²) in [5, 5.41) is 17.6. The van der Waals surface area contributed by atoms with Crippen molar-refractivity contribution in [3.05, 3.63) is 0 Å². The van der Waals surface area contributed by atoms with E-state index in [9.17, 15) is 9.90 Å². The van der Waals surface area contributed by atoms with Crippen LogP contribution in [0.4, 0.5) is 0 Å². The molecule has 0 aliphatic rings. The van der Waals surface area contributed by atoms with Crippen molar-refractivity contribution in [3.63, 3.8) is 0 Å². The highest BCUT2D eigenvalue weighted by molar-refractivity contribution is 6.70. The second-order valence-corrected chi connectivity index (χ2v) is 8.75. The van der Waals surface area contributed by atoms with Gasteiger partial charge in [-0.2, -0.15) is 0 Å². The largest absolute Gasteiger partial charge is 0.394 e. The number of hydrogen-bond acceptors (Lipinski definition) is 8. The van der Waals surface area contributed by atoms with Crippen LogP contribution in [0.5, 0.6) is 0 Å².